The first kappa shape index (κ1) is 12.2. The predicted molar refractivity (Wildman–Crippen MR) is 75.1 cm³/mol. The molecular formula is C14H13N3OS. The number of nitrogens with zero attached hydrogens (tertiary/aromatic N) is 2. The summed E-state index contributed by atoms with van der Waals surface area (Å²) in [5.41, 5.74) is 2.78. The third-order valence-electron chi connectivity index (χ3n) is 2.81. The summed E-state index contributed by atoms with van der Waals surface area (Å²) in [5.74, 6) is 0. The zero-order valence-corrected chi connectivity index (χ0v) is 11.2. The molecule has 0 radical (unpaired) electrons. The molecule has 1 aromatic carbocycles. The number of benzene rings is 1. The number of rotatable bonds is 3. The van der Waals surface area contributed by atoms with Gasteiger partial charge in [0.1, 0.15) is 5.03 Å². The van der Waals surface area contributed by atoms with E-state index in [0.717, 1.165) is 26.8 Å². The van der Waals surface area contributed by atoms with Gasteiger partial charge in [-0.25, -0.2) is 9.97 Å². The van der Waals surface area contributed by atoms with Gasteiger partial charge in [-0.3, -0.25) is 0 Å². The molecular weight excluding hydrogens is 258 g/mol. The molecule has 0 saturated carbocycles. The van der Waals surface area contributed by atoms with Crippen molar-refractivity contribution in [1.82, 2.24) is 15.0 Å². The molecule has 0 aliphatic carbocycles. The number of hydrogen-bond acceptors (Lipinski definition) is 4. The van der Waals surface area contributed by atoms with Gasteiger partial charge in [-0.1, -0.05) is 18.2 Å². The Morgan fingerprint density at radius 3 is 2.74 bits per heavy atom. The summed E-state index contributed by atoms with van der Waals surface area (Å²) >= 11 is 1.47. The van der Waals surface area contributed by atoms with Crippen molar-refractivity contribution in [1.29, 1.82) is 0 Å². The first-order chi connectivity index (χ1) is 9.22. The molecule has 0 fully saturated rings. The second-order valence-corrected chi connectivity index (χ2v) is 5.28. The normalized spacial score (nSPS) is 12.7. The highest BCUT2D eigenvalue weighted by Gasteiger charge is 2.06. The fourth-order valence-corrected chi connectivity index (χ4v) is 2.52. The minimum Gasteiger partial charge on any atom is -0.389 e. The molecule has 3 rings (SSSR count). The molecule has 0 amide bonds. The molecule has 0 spiro atoms. The highest BCUT2D eigenvalue weighted by Crippen LogP contribution is 2.26. The highest BCUT2D eigenvalue weighted by atomic mass is 32.2. The Bertz CT molecular complexity index is 658. The minimum absolute atomic E-state index is 0.488. The number of aliphatic hydroxyl groups excluding tert-OH is 1. The van der Waals surface area contributed by atoms with Crippen LogP contribution in [0.1, 0.15) is 18.6 Å². The van der Waals surface area contributed by atoms with E-state index < -0.39 is 6.10 Å². The van der Waals surface area contributed by atoms with Crippen molar-refractivity contribution >= 4 is 22.8 Å². The molecule has 2 aromatic heterocycles. The summed E-state index contributed by atoms with van der Waals surface area (Å²) in [6, 6.07) is 11.7. The van der Waals surface area contributed by atoms with Crippen LogP contribution in [0.15, 0.2) is 52.8 Å². The first-order valence-corrected chi connectivity index (χ1v) is 6.80. The average molecular weight is 271 g/mol. The van der Waals surface area contributed by atoms with E-state index in [0.29, 0.717) is 0 Å². The van der Waals surface area contributed by atoms with Crippen molar-refractivity contribution < 1.29 is 5.11 Å². The van der Waals surface area contributed by atoms with Crippen LogP contribution in [0.4, 0.5) is 0 Å². The van der Waals surface area contributed by atoms with E-state index in [-0.39, 0.29) is 0 Å². The molecule has 0 aliphatic heterocycles. The lowest BCUT2D eigenvalue weighted by atomic mass is 10.2. The summed E-state index contributed by atoms with van der Waals surface area (Å²) in [6.07, 6.45) is 1.20. The molecule has 1 unspecified atom stereocenters. The molecule has 19 heavy (non-hydrogen) atoms. The van der Waals surface area contributed by atoms with E-state index in [2.05, 4.69) is 15.0 Å². The van der Waals surface area contributed by atoms with Gasteiger partial charge in [0.2, 0.25) is 0 Å². The number of nitrogens with one attached hydrogen (secondary N) is 1. The zero-order chi connectivity index (χ0) is 13.2. The number of para-hydroxylation sites is 2. The molecule has 2 heterocycles. The molecule has 0 bridgehead atoms. The molecule has 96 valence electrons. The van der Waals surface area contributed by atoms with E-state index in [1.807, 2.05) is 36.4 Å². The third-order valence-corrected chi connectivity index (χ3v) is 3.65. The molecule has 2 N–H and O–H groups in total. The van der Waals surface area contributed by atoms with Crippen LogP contribution in [0.25, 0.3) is 11.0 Å². The lowest BCUT2D eigenvalue weighted by molar-refractivity contribution is 0.198. The van der Waals surface area contributed by atoms with Gasteiger partial charge in [-0.15, -0.1) is 0 Å². The van der Waals surface area contributed by atoms with Crippen molar-refractivity contribution in [3.8, 4) is 0 Å². The van der Waals surface area contributed by atoms with Gasteiger partial charge in [0.15, 0.2) is 5.16 Å². The second kappa shape index (κ2) is 5.03. The third kappa shape index (κ3) is 2.62. The largest absolute Gasteiger partial charge is 0.389 e. The SMILES string of the molecule is CC(O)c1ccc(Sc2nc3ccccc3[nH]2)nc1. The van der Waals surface area contributed by atoms with Crippen molar-refractivity contribution in [3.05, 3.63) is 48.2 Å². The van der Waals surface area contributed by atoms with E-state index >= 15 is 0 Å². The lowest BCUT2D eigenvalue weighted by Crippen LogP contribution is -1.92. The number of imidazole rings is 1. The maximum Gasteiger partial charge on any atom is 0.172 e. The predicted octanol–water partition coefficient (Wildman–Crippen LogP) is 3.16. The van der Waals surface area contributed by atoms with Crippen LogP contribution in [0.3, 0.4) is 0 Å². The standard InChI is InChI=1S/C14H13N3OS/c1-9(18)10-6-7-13(15-8-10)19-14-16-11-4-2-3-5-12(11)17-14/h2-9,18H,1H3,(H,16,17). The summed E-state index contributed by atoms with van der Waals surface area (Å²) in [6.45, 7) is 1.73. The Morgan fingerprint density at radius 1 is 1.21 bits per heavy atom. The molecule has 0 aliphatic rings. The zero-order valence-electron chi connectivity index (χ0n) is 10.4. The van der Waals surface area contributed by atoms with Crippen molar-refractivity contribution in [2.24, 2.45) is 0 Å². The fraction of sp³-hybridized carbons (Fsp3) is 0.143. The number of fused-ring (bicyclic) bond motifs is 1. The van der Waals surface area contributed by atoms with Crippen molar-refractivity contribution in [3.63, 3.8) is 0 Å². The minimum atomic E-state index is -0.488. The Labute approximate surface area is 114 Å². The first-order valence-electron chi connectivity index (χ1n) is 5.99. The maximum atomic E-state index is 9.43. The number of hydrogen-bond donors (Lipinski definition) is 2. The van der Waals surface area contributed by atoms with Crippen LogP contribution < -0.4 is 0 Å². The quantitative estimate of drug-likeness (QED) is 0.768. The van der Waals surface area contributed by atoms with Crippen LogP contribution >= 0.6 is 11.8 Å². The molecule has 3 aromatic rings. The van der Waals surface area contributed by atoms with Crippen LogP contribution in [0, 0.1) is 0 Å². The molecule has 1 atom stereocenters. The number of aromatic amines is 1. The van der Waals surface area contributed by atoms with Crippen molar-refractivity contribution in [2.75, 3.05) is 0 Å². The van der Waals surface area contributed by atoms with Crippen LogP contribution in [0.2, 0.25) is 0 Å². The number of aromatic nitrogens is 3. The van der Waals surface area contributed by atoms with Crippen molar-refractivity contribution in [2.45, 2.75) is 23.2 Å². The van der Waals surface area contributed by atoms with Crippen LogP contribution in [-0.4, -0.2) is 20.1 Å². The molecule has 4 nitrogen and oxygen atoms in total. The Kier molecular flexibility index (Phi) is 3.23. The van der Waals surface area contributed by atoms with Gasteiger partial charge >= 0.3 is 0 Å². The topological polar surface area (TPSA) is 61.8 Å². The number of H-pyrrole nitrogens is 1. The highest BCUT2D eigenvalue weighted by molar-refractivity contribution is 7.99. The van der Waals surface area contributed by atoms with Gasteiger partial charge in [0.25, 0.3) is 0 Å². The lowest BCUT2D eigenvalue weighted by Gasteiger charge is -2.03. The van der Waals surface area contributed by atoms with E-state index in [1.165, 1.54) is 11.8 Å². The summed E-state index contributed by atoms with van der Waals surface area (Å²) in [5, 5.41) is 11.1. The van der Waals surface area contributed by atoms with Gasteiger partial charge < -0.3 is 10.1 Å². The van der Waals surface area contributed by atoms with E-state index in [9.17, 15) is 5.11 Å². The molecule has 0 saturated heterocycles. The summed E-state index contributed by atoms with van der Waals surface area (Å²) < 4.78 is 0. The maximum absolute atomic E-state index is 9.43. The second-order valence-electron chi connectivity index (χ2n) is 4.27. The van der Waals surface area contributed by atoms with E-state index in [4.69, 9.17) is 0 Å². The van der Waals surface area contributed by atoms with E-state index in [1.54, 1.807) is 13.1 Å². The van der Waals surface area contributed by atoms with Gasteiger partial charge in [-0.05, 0) is 42.4 Å². The number of pyridine rings is 1. The molecule has 5 heteroatoms. The smallest absolute Gasteiger partial charge is 0.172 e. The summed E-state index contributed by atoms with van der Waals surface area (Å²) in [4.78, 5) is 12.0. The summed E-state index contributed by atoms with van der Waals surface area (Å²) in [7, 11) is 0. The monoisotopic (exact) mass is 271 g/mol. The number of aliphatic hydroxyl groups is 1. The van der Waals surface area contributed by atoms with Gasteiger partial charge in [-0.2, -0.15) is 0 Å². The van der Waals surface area contributed by atoms with Crippen LogP contribution in [0.5, 0.6) is 0 Å². The average Bonchev–Trinajstić information content (AvgIpc) is 2.81. The Balaban J connectivity index is 1.84. The van der Waals surface area contributed by atoms with Crippen LogP contribution in [-0.2, 0) is 0 Å². The van der Waals surface area contributed by atoms with Gasteiger partial charge in [0, 0.05) is 6.20 Å². The Morgan fingerprint density at radius 2 is 2.05 bits per heavy atom. The van der Waals surface area contributed by atoms with Gasteiger partial charge in [0.05, 0.1) is 17.1 Å². The Hall–Kier alpha value is -1.85. The fourth-order valence-electron chi connectivity index (χ4n) is 1.78.